The van der Waals surface area contributed by atoms with E-state index in [2.05, 4.69) is 5.32 Å². The van der Waals surface area contributed by atoms with Gasteiger partial charge in [0.05, 0.1) is 22.6 Å². The van der Waals surface area contributed by atoms with Gasteiger partial charge in [0, 0.05) is 23.5 Å². The van der Waals surface area contributed by atoms with Gasteiger partial charge in [-0.2, -0.15) is 0 Å². The van der Waals surface area contributed by atoms with Crippen molar-refractivity contribution in [1.29, 1.82) is 0 Å². The lowest BCUT2D eigenvalue weighted by molar-refractivity contribution is -0.384. The summed E-state index contributed by atoms with van der Waals surface area (Å²) in [6.07, 6.45) is 0. The standard InChI is InChI=1S/C16H14ClN3O6/c1-25-14-5-2-9(6-12(14)17)19-15(21)8-26-16(22)11-7-10(20(23)24)3-4-13(11)18/h2-7H,8,18H2,1H3,(H,19,21). The Morgan fingerprint density at radius 3 is 2.62 bits per heavy atom. The van der Waals surface area contributed by atoms with Crippen LogP contribution in [0.3, 0.4) is 0 Å². The number of esters is 1. The van der Waals surface area contributed by atoms with E-state index < -0.39 is 23.4 Å². The van der Waals surface area contributed by atoms with Crippen molar-refractivity contribution in [2.45, 2.75) is 0 Å². The molecule has 0 bridgehead atoms. The molecular weight excluding hydrogens is 366 g/mol. The van der Waals surface area contributed by atoms with Crippen LogP contribution >= 0.6 is 11.6 Å². The molecule has 1 amide bonds. The Balaban J connectivity index is 1.99. The number of benzene rings is 2. The molecule has 0 aliphatic carbocycles. The maximum Gasteiger partial charge on any atom is 0.341 e. The first-order chi connectivity index (χ1) is 12.3. The van der Waals surface area contributed by atoms with Crippen LogP contribution < -0.4 is 15.8 Å². The second-order valence-corrected chi connectivity index (χ2v) is 5.41. The van der Waals surface area contributed by atoms with Gasteiger partial charge in [-0.15, -0.1) is 0 Å². The first kappa shape index (κ1) is 19.0. The number of methoxy groups -OCH3 is 1. The molecule has 3 N–H and O–H groups in total. The van der Waals surface area contributed by atoms with Crippen LogP contribution in [0.5, 0.6) is 5.75 Å². The van der Waals surface area contributed by atoms with Crippen molar-refractivity contribution in [2.75, 3.05) is 24.8 Å². The molecule has 0 radical (unpaired) electrons. The number of nitrogens with one attached hydrogen (secondary N) is 1. The molecule has 0 aliphatic rings. The van der Waals surface area contributed by atoms with E-state index in [9.17, 15) is 19.7 Å². The average Bonchev–Trinajstić information content (AvgIpc) is 2.60. The highest BCUT2D eigenvalue weighted by atomic mass is 35.5. The van der Waals surface area contributed by atoms with Gasteiger partial charge in [-0.3, -0.25) is 14.9 Å². The van der Waals surface area contributed by atoms with Crippen LogP contribution in [0.1, 0.15) is 10.4 Å². The number of nitro benzene ring substituents is 1. The number of halogens is 1. The van der Waals surface area contributed by atoms with Crippen LogP contribution in [0.15, 0.2) is 36.4 Å². The van der Waals surface area contributed by atoms with Gasteiger partial charge in [0.25, 0.3) is 11.6 Å². The molecule has 0 unspecified atom stereocenters. The number of nitrogen functional groups attached to an aromatic ring is 1. The van der Waals surface area contributed by atoms with Crippen LogP contribution in [0.2, 0.25) is 5.02 Å². The van der Waals surface area contributed by atoms with Gasteiger partial charge in [-0.25, -0.2) is 4.79 Å². The van der Waals surface area contributed by atoms with E-state index in [-0.39, 0.29) is 16.9 Å². The van der Waals surface area contributed by atoms with Crippen LogP contribution in [-0.4, -0.2) is 30.5 Å². The summed E-state index contributed by atoms with van der Waals surface area (Å²) in [7, 11) is 1.46. The minimum Gasteiger partial charge on any atom is -0.495 e. The third-order valence-corrected chi connectivity index (χ3v) is 3.53. The van der Waals surface area contributed by atoms with E-state index in [0.717, 1.165) is 12.1 Å². The SMILES string of the molecule is COc1ccc(NC(=O)COC(=O)c2cc([N+](=O)[O-])ccc2N)cc1Cl. The van der Waals surface area contributed by atoms with E-state index in [1.807, 2.05) is 0 Å². The van der Waals surface area contributed by atoms with E-state index in [0.29, 0.717) is 16.5 Å². The Bertz CT molecular complexity index is 871. The largest absolute Gasteiger partial charge is 0.495 e. The normalized spacial score (nSPS) is 10.1. The van der Waals surface area contributed by atoms with Crippen molar-refractivity contribution in [2.24, 2.45) is 0 Å². The molecule has 0 saturated carbocycles. The number of rotatable bonds is 6. The highest BCUT2D eigenvalue weighted by Gasteiger charge is 2.18. The van der Waals surface area contributed by atoms with Gasteiger partial charge in [-0.1, -0.05) is 11.6 Å². The fraction of sp³-hybridized carbons (Fsp3) is 0.125. The molecule has 0 spiro atoms. The molecule has 26 heavy (non-hydrogen) atoms. The first-order valence-electron chi connectivity index (χ1n) is 7.16. The average molecular weight is 380 g/mol. The minimum atomic E-state index is -0.950. The number of hydrogen-bond acceptors (Lipinski definition) is 7. The summed E-state index contributed by atoms with van der Waals surface area (Å²) in [5.41, 5.74) is 5.49. The molecule has 0 aliphatic heterocycles. The number of nitrogens with zero attached hydrogens (tertiary/aromatic N) is 1. The molecule has 2 aromatic carbocycles. The quantitative estimate of drug-likeness (QED) is 0.341. The van der Waals surface area contributed by atoms with Crippen LogP contribution in [0.4, 0.5) is 17.1 Å². The fourth-order valence-corrected chi connectivity index (χ4v) is 2.24. The van der Waals surface area contributed by atoms with Crippen molar-refractivity contribution in [3.8, 4) is 5.75 Å². The second kappa shape index (κ2) is 8.17. The number of ether oxygens (including phenoxy) is 2. The predicted molar refractivity (Wildman–Crippen MR) is 94.4 cm³/mol. The van der Waals surface area contributed by atoms with Crippen LogP contribution in [0.25, 0.3) is 0 Å². The number of anilines is 2. The van der Waals surface area contributed by atoms with Crippen molar-refractivity contribution in [1.82, 2.24) is 0 Å². The van der Waals surface area contributed by atoms with Crippen molar-refractivity contribution < 1.29 is 24.0 Å². The van der Waals surface area contributed by atoms with E-state index in [4.69, 9.17) is 26.8 Å². The number of hydrogen-bond donors (Lipinski definition) is 2. The molecule has 2 rings (SSSR count). The van der Waals surface area contributed by atoms with E-state index >= 15 is 0 Å². The molecule has 2 aromatic rings. The summed E-state index contributed by atoms with van der Waals surface area (Å²) in [6.45, 7) is -0.607. The number of amides is 1. The molecule has 10 heteroatoms. The summed E-state index contributed by atoms with van der Waals surface area (Å²) in [4.78, 5) is 34.0. The summed E-state index contributed by atoms with van der Waals surface area (Å²) >= 11 is 5.95. The minimum absolute atomic E-state index is 0.00273. The van der Waals surface area contributed by atoms with Crippen LogP contribution in [-0.2, 0) is 9.53 Å². The Morgan fingerprint density at radius 1 is 1.27 bits per heavy atom. The zero-order chi connectivity index (χ0) is 19.3. The van der Waals surface area contributed by atoms with Crippen molar-refractivity contribution >= 4 is 40.5 Å². The maximum absolute atomic E-state index is 12.0. The topological polar surface area (TPSA) is 134 Å². The zero-order valence-electron chi connectivity index (χ0n) is 13.5. The molecular formula is C16H14ClN3O6. The van der Waals surface area contributed by atoms with Gasteiger partial charge in [0.1, 0.15) is 5.75 Å². The Labute approximate surface area is 152 Å². The summed E-state index contributed by atoms with van der Waals surface area (Å²) in [6, 6.07) is 7.95. The molecule has 0 aromatic heterocycles. The summed E-state index contributed by atoms with van der Waals surface area (Å²) < 4.78 is 9.84. The highest BCUT2D eigenvalue weighted by molar-refractivity contribution is 6.32. The van der Waals surface area contributed by atoms with Gasteiger partial charge < -0.3 is 20.5 Å². The smallest absolute Gasteiger partial charge is 0.341 e. The van der Waals surface area contributed by atoms with E-state index in [1.54, 1.807) is 12.1 Å². The lowest BCUT2D eigenvalue weighted by atomic mass is 10.1. The zero-order valence-corrected chi connectivity index (χ0v) is 14.3. The Kier molecular flexibility index (Phi) is 5.97. The van der Waals surface area contributed by atoms with Gasteiger partial charge >= 0.3 is 5.97 Å². The lowest BCUT2D eigenvalue weighted by Gasteiger charge is -2.09. The molecule has 0 fully saturated rings. The molecule has 136 valence electrons. The van der Waals surface area contributed by atoms with Gasteiger partial charge in [-0.05, 0) is 24.3 Å². The Hall–Kier alpha value is -3.33. The van der Waals surface area contributed by atoms with Crippen LogP contribution in [0, 0.1) is 10.1 Å². The lowest BCUT2D eigenvalue weighted by Crippen LogP contribution is -2.21. The monoisotopic (exact) mass is 379 g/mol. The molecule has 0 atom stereocenters. The molecule has 9 nitrogen and oxygen atoms in total. The number of nitro groups is 1. The third-order valence-electron chi connectivity index (χ3n) is 3.24. The second-order valence-electron chi connectivity index (χ2n) is 5.00. The third kappa shape index (κ3) is 4.61. The first-order valence-corrected chi connectivity index (χ1v) is 7.54. The van der Waals surface area contributed by atoms with Gasteiger partial charge in [0.15, 0.2) is 6.61 Å². The number of non-ortho nitro benzene ring substituents is 1. The number of carbonyl (C=O) groups is 2. The predicted octanol–water partition coefficient (Wildman–Crippen LogP) is 2.63. The van der Waals surface area contributed by atoms with Crippen molar-refractivity contribution in [3.05, 3.63) is 57.1 Å². The van der Waals surface area contributed by atoms with E-state index in [1.165, 1.54) is 19.2 Å². The highest BCUT2D eigenvalue weighted by Crippen LogP contribution is 2.27. The number of nitrogens with two attached hydrogens (primary N) is 1. The molecule has 0 saturated heterocycles. The number of carbonyl (C=O) groups excluding carboxylic acids is 2. The summed E-state index contributed by atoms with van der Waals surface area (Å²) in [5, 5.41) is 13.5. The van der Waals surface area contributed by atoms with Crippen molar-refractivity contribution in [3.63, 3.8) is 0 Å². The Morgan fingerprint density at radius 2 is 2.00 bits per heavy atom. The molecule has 0 heterocycles. The summed E-state index contributed by atoms with van der Waals surface area (Å²) in [5.74, 6) is -1.13. The maximum atomic E-state index is 12.0. The van der Waals surface area contributed by atoms with Gasteiger partial charge in [0.2, 0.25) is 0 Å². The fourth-order valence-electron chi connectivity index (χ4n) is 1.98.